The van der Waals surface area contributed by atoms with Gasteiger partial charge in [-0.05, 0) is 38.1 Å². The fourth-order valence-corrected chi connectivity index (χ4v) is 4.85. The molecule has 2 aliphatic rings. The van der Waals surface area contributed by atoms with Crippen LogP contribution in [0.2, 0.25) is 0 Å². The number of hydrogen-bond acceptors (Lipinski definition) is 7. The average molecular weight is 493 g/mol. The Morgan fingerprint density at radius 2 is 1.61 bits per heavy atom. The van der Waals surface area contributed by atoms with E-state index < -0.39 is 0 Å². The van der Waals surface area contributed by atoms with E-state index in [9.17, 15) is 9.18 Å². The number of aromatic nitrogens is 2. The molecule has 0 aliphatic carbocycles. The SMILES string of the molecule is Cc1ccc(-c2noc(C(C)N3CCN(CC(=O)N4CCN(c5ccc(F)cc5)CC4)CC3)n2)cc1. The molecule has 2 aliphatic heterocycles. The van der Waals surface area contributed by atoms with Crippen LogP contribution >= 0.6 is 0 Å². The Morgan fingerprint density at radius 1 is 0.944 bits per heavy atom. The highest BCUT2D eigenvalue weighted by molar-refractivity contribution is 5.78. The molecule has 1 atom stereocenters. The van der Waals surface area contributed by atoms with Crippen molar-refractivity contribution in [2.75, 3.05) is 63.8 Å². The van der Waals surface area contributed by atoms with Gasteiger partial charge in [-0.15, -0.1) is 0 Å². The molecule has 1 aromatic heterocycles. The van der Waals surface area contributed by atoms with E-state index in [1.54, 1.807) is 12.1 Å². The number of anilines is 1. The third-order valence-electron chi connectivity index (χ3n) is 7.25. The summed E-state index contributed by atoms with van der Waals surface area (Å²) in [6.45, 7) is 10.8. The molecule has 3 heterocycles. The van der Waals surface area contributed by atoms with Gasteiger partial charge < -0.3 is 14.3 Å². The van der Waals surface area contributed by atoms with Crippen molar-refractivity contribution in [2.24, 2.45) is 0 Å². The Morgan fingerprint density at radius 3 is 2.28 bits per heavy atom. The molecule has 1 unspecified atom stereocenters. The Hall–Kier alpha value is -3.30. The first-order valence-corrected chi connectivity index (χ1v) is 12.6. The fraction of sp³-hybridized carbons (Fsp3) is 0.444. The minimum absolute atomic E-state index is 0.0223. The number of aryl methyl sites for hydroxylation is 1. The van der Waals surface area contributed by atoms with Gasteiger partial charge in [0.05, 0.1) is 12.6 Å². The Bertz CT molecular complexity index is 1150. The van der Waals surface area contributed by atoms with E-state index in [2.05, 4.69) is 38.7 Å². The standard InChI is InChI=1S/C27H33FN6O2/c1-20-3-5-22(6-4-20)26-29-27(36-30-26)21(2)32-13-11-31(12-14-32)19-25(35)34-17-15-33(16-18-34)24-9-7-23(28)8-10-24/h3-10,21H,11-19H2,1-2H3. The summed E-state index contributed by atoms with van der Waals surface area (Å²) in [6, 6.07) is 14.7. The first-order valence-electron chi connectivity index (χ1n) is 12.6. The first kappa shape index (κ1) is 24.4. The molecule has 0 bridgehead atoms. The van der Waals surface area contributed by atoms with Crippen LogP contribution in [-0.2, 0) is 4.79 Å². The molecule has 36 heavy (non-hydrogen) atoms. The van der Waals surface area contributed by atoms with Crippen molar-refractivity contribution in [3.63, 3.8) is 0 Å². The lowest BCUT2D eigenvalue weighted by Gasteiger charge is -2.39. The van der Waals surface area contributed by atoms with Crippen molar-refractivity contribution >= 4 is 11.6 Å². The molecule has 8 nitrogen and oxygen atoms in total. The van der Waals surface area contributed by atoms with Crippen molar-refractivity contribution in [3.05, 3.63) is 65.8 Å². The number of benzene rings is 2. The summed E-state index contributed by atoms with van der Waals surface area (Å²) in [5, 5.41) is 4.17. The maximum Gasteiger partial charge on any atom is 0.244 e. The van der Waals surface area contributed by atoms with Crippen molar-refractivity contribution in [1.82, 2.24) is 24.8 Å². The van der Waals surface area contributed by atoms with E-state index in [0.29, 0.717) is 31.3 Å². The first-order chi connectivity index (χ1) is 17.5. The van der Waals surface area contributed by atoms with Crippen LogP contribution in [0.25, 0.3) is 11.4 Å². The topological polar surface area (TPSA) is 69.0 Å². The molecule has 2 fully saturated rings. The lowest BCUT2D eigenvalue weighted by Crippen LogP contribution is -2.54. The quantitative estimate of drug-likeness (QED) is 0.523. The summed E-state index contributed by atoms with van der Waals surface area (Å²) in [5.74, 6) is 1.18. The largest absolute Gasteiger partial charge is 0.368 e. The van der Waals surface area contributed by atoms with E-state index in [1.807, 2.05) is 29.2 Å². The fourth-order valence-electron chi connectivity index (χ4n) is 4.85. The summed E-state index contributed by atoms with van der Waals surface area (Å²) in [6.07, 6.45) is 0. The Labute approximate surface area is 211 Å². The van der Waals surface area contributed by atoms with Crippen LogP contribution in [0.3, 0.4) is 0 Å². The normalized spacial score (nSPS) is 18.4. The molecule has 0 radical (unpaired) electrons. The van der Waals surface area contributed by atoms with Gasteiger partial charge in [-0.1, -0.05) is 35.0 Å². The lowest BCUT2D eigenvalue weighted by molar-refractivity contribution is -0.133. The molecule has 2 saturated heterocycles. The molecule has 0 N–H and O–H groups in total. The van der Waals surface area contributed by atoms with Gasteiger partial charge in [-0.25, -0.2) is 4.39 Å². The minimum atomic E-state index is -0.230. The number of piperazine rings is 2. The van der Waals surface area contributed by atoms with Gasteiger partial charge in [0.2, 0.25) is 17.6 Å². The summed E-state index contributed by atoms with van der Waals surface area (Å²) < 4.78 is 18.8. The number of carbonyl (C=O) groups is 1. The zero-order valence-corrected chi connectivity index (χ0v) is 20.9. The third kappa shape index (κ3) is 5.57. The van der Waals surface area contributed by atoms with E-state index in [1.165, 1.54) is 17.7 Å². The summed E-state index contributed by atoms with van der Waals surface area (Å²) in [7, 11) is 0. The molecule has 190 valence electrons. The third-order valence-corrected chi connectivity index (χ3v) is 7.25. The van der Waals surface area contributed by atoms with Gasteiger partial charge in [-0.2, -0.15) is 4.98 Å². The molecule has 5 rings (SSSR count). The number of nitrogens with zero attached hydrogens (tertiary/aromatic N) is 6. The van der Waals surface area contributed by atoms with Gasteiger partial charge in [-0.3, -0.25) is 14.6 Å². The van der Waals surface area contributed by atoms with Gasteiger partial charge in [0.15, 0.2) is 0 Å². The van der Waals surface area contributed by atoms with Crippen LogP contribution < -0.4 is 4.90 Å². The minimum Gasteiger partial charge on any atom is -0.368 e. The van der Waals surface area contributed by atoms with Gasteiger partial charge in [0.25, 0.3) is 0 Å². The number of halogens is 1. The maximum absolute atomic E-state index is 13.2. The molecule has 0 saturated carbocycles. The molecular weight excluding hydrogens is 459 g/mol. The number of amides is 1. The van der Waals surface area contributed by atoms with Crippen LogP contribution in [0.4, 0.5) is 10.1 Å². The summed E-state index contributed by atoms with van der Waals surface area (Å²) >= 11 is 0. The van der Waals surface area contributed by atoms with Crippen molar-refractivity contribution in [3.8, 4) is 11.4 Å². The predicted octanol–water partition coefficient (Wildman–Crippen LogP) is 3.21. The monoisotopic (exact) mass is 492 g/mol. The van der Waals surface area contributed by atoms with E-state index in [4.69, 9.17) is 4.52 Å². The molecule has 3 aromatic rings. The van der Waals surface area contributed by atoms with Crippen molar-refractivity contribution in [2.45, 2.75) is 19.9 Å². The second-order valence-electron chi connectivity index (χ2n) is 9.65. The van der Waals surface area contributed by atoms with Crippen LogP contribution in [0, 0.1) is 12.7 Å². The van der Waals surface area contributed by atoms with Gasteiger partial charge in [0, 0.05) is 63.6 Å². The van der Waals surface area contributed by atoms with E-state index in [0.717, 1.165) is 50.5 Å². The van der Waals surface area contributed by atoms with Crippen LogP contribution in [0.15, 0.2) is 53.1 Å². The van der Waals surface area contributed by atoms with Gasteiger partial charge in [0.1, 0.15) is 5.82 Å². The molecule has 2 aromatic carbocycles. The summed E-state index contributed by atoms with van der Waals surface area (Å²) in [5.41, 5.74) is 3.14. The molecular formula is C27H33FN6O2. The van der Waals surface area contributed by atoms with Crippen molar-refractivity contribution in [1.29, 1.82) is 0 Å². The van der Waals surface area contributed by atoms with Crippen LogP contribution in [-0.4, -0.2) is 89.7 Å². The second kappa shape index (κ2) is 10.8. The highest BCUT2D eigenvalue weighted by Crippen LogP contribution is 2.24. The number of rotatable bonds is 6. The number of hydrogen-bond donors (Lipinski definition) is 0. The Kier molecular flexibility index (Phi) is 7.29. The highest BCUT2D eigenvalue weighted by Gasteiger charge is 2.28. The average Bonchev–Trinajstić information content (AvgIpc) is 3.40. The van der Waals surface area contributed by atoms with Crippen LogP contribution in [0.5, 0.6) is 0 Å². The zero-order chi connectivity index (χ0) is 25.1. The Balaban J connectivity index is 1.08. The molecule has 9 heteroatoms. The molecule has 0 spiro atoms. The maximum atomic E-state index is 13.2. The number of carbonyl (C=O) groups excluding carboxylic acids is 1. The second-order valence-corrected chi connectivity index (χ2v) is 9.65. The highest BCUT2D eigenvalue weighted by atomic mass is 19.1. The van der Waals surface area contributed by atoms with Crippen molar-refractivity contribution < 1.29 is 13.7 Å². The predicted molar refractivity (Wildman–Crippen MR) is 136 cm³/mol. The smallest absolute Gasteiger partial charge is 0.244 e. The lowest BCUT2D eigenvalue weighted by atomic mass is 10.1. The van der Waals surface area contributed by atoms with Gasteiger partial charge >= 0.3 is 0 Å². The zero-order valence-electron chi connectivity index (χ0n) is 20.9. The van der Waals surface area contributed by atoms with E-state index >= 15 is 0 Å². The van der Waals surface area contributed by atoms with Crippen LogP contribution in [0.1, 0.15) is 24.4 Å². The molecule has 1 amide bonds. The summed E-state index contributed by atoms with van der Waals surface area (Å²) in [4.78, 5) is 26.2. The van der Waals surface area contributed by atoms with E-state index in [-0.39, 0.29) is 17.8 Å².